The molecule has 31 heavy (non-hydrogen) atoms. The monoisotopic (exact) mass is 415 g/mol. The van der Waals surface area contributed by atoms with Crippen molar-refractivity contribution in [2.24, 2.45) is 0 Å². The molecule has 0 unspecified atom stereocenters. The molecule has 2 aromatic carbocycles. The van der Waals surface area contributed by atoms with E-state index in [2.05, 4.69) is 53.3 Å². The van der Waals surface area contributed by atoms with Crippen molar-refractivity contribution in [2.45, 2.75) is 32.9 Å². The van der Waals surface area contributed by atoms with Crippen LogP contribution in [-0.2, 0) is 22.5 Å². The van der Waals surface area contributed by atoms with E-state index in [4.69, 9.17) is 4.74 Å². The molecule has 1 N–H and O–H groups in total. The summed E-state index contributed by atoms with van der Waals surface area (Å²) in [5, 5.41) is 2.96. The lowest BCUT2D eigenvalue weighted by Crippen LogP contribution is -2.43. The van der Waals surface area contributed by atoms with Crippen molar-refractivity contribution in [2.75, 3.05) is 24.7 Å². The van der Waals surface area contributed by atoms with Crippen molar-refractivity contribution in [3.63, 3.8) is 0 Å². The van der Waals surface area contributed by atoms with Crippen molar-refractivity contribution in [3.8, 4) is 11.1 Å². The van der Waals surface area contributed by atoms with Gasteiger partial charge in [0.25, 0.3) is 0 Å². The molecule has 0 radical (unpaired) electrons. The fraction of sp³-hybridized carbons (Fsp3) is 0.308. The highest BCUT2D eigenvalue weighted by Crippen LogP contribution is 2.27. The molecule has 0 aliphatic carbocycles. The van der Waals surface area contributed by atoms with Gasteiger partial charge in [0.2, 0.25) is 5.91 Å². The Labute approximate surface area is 184 Å². The predicted molar refractivity (Wildman–Crippen MR) is 124 cm³/mol. The summed E-state index contributed by atoms with van der Waals surface area (Å²) in [6.07, 6.45) is 2.16. The van der Waals surface area contributed by atoms with E-state index in [-0.39, 0.29) is 12.3 Å². The van der Waals surface area contributed by atoms with Crippen LogP contribution in [0.15, 0.2) is 66.9 Å². The lowest BCUT2D eigenvalue weighted by molar-refractivity contribution is -0.120. The smallest absolute Gasteiger partial charge is 0.226 e. The maximum atomic E-state index is 12.3. The minimum Gasteiger partial charge on any atom is -0.377 e. The largest absolute Gasteiger partial charge is 0.377 e. The summed E-state index contributed by atoms with van der Waals surface area (Å²) >= 11 is 0. The van der Waals surface area contributed by atoms with Crippen molar-refractivity contribution in [1.82, 2.24) is 10.3 Å². The van der Waals surface area contributed by atoms with Crippen LogP contribution >= 0.6 is 0 Å². The molecule has 1 fully saturated rings. The molecule has 4 rings (SSSR count). The van der Waals surface area contributed by atoms with Gasteiger partial charge >= 0.3 is 0 Å². The van der Waals surface area contributed by atoms with E-state index in [1.165, 1.54) is 5.69 Å². The van der Waals surface area contributed by atoms with E-state index in [9.17, 15) is 4.79 Å². The van der Waals surface area contributed by atoms with Gasteiger partial charge in [-0.1, -0.05) is 42.5 Å². The van der Waals surface area contributed by atoms with Crippen LogP contribution in [0.2, 0.25) is 0 Å². The summed E-state index contributed by atoms with van der Waals surface area (Å²) in [6.45, 7) is 7.25. The summed E-state index contributed by atoms with van der Waals surface area (Å²) in [5.74, 6) is -0.0208. The standard InChI is InChI=1S/C26H29N3O2/c1-19-14-23(15-26(30)28-16-21-6-4-3-5-7-21)27-17-25(19)22-8-10-24(11-9-22)29-12-13-31-18-20(29)2/h3-11,14,17,20H,12-13,15-16,18H2,1-2H3,(H,28,30)/t20-/m0/s1. The van der Waals surface area contributed by atoms with E-state index in [0.717, 1.165) is 47.7 Å². The van der Waals surface area contributed by atoms with E-state index in [1.54, 1.807) is 0 Å². The third kappa shape index (κ3) is 5.30. The molecule has 0 spiro atoms. The second-order valence-corrected chi connectivity index (χ2v) is 8.09. The average molecular weight is 416 g/mol. The predicted octanol–water partition coefficient (Wildman–Crippen LogP) is 4.14. The number of ether oxygens (including phenoxy) is 1. The molecule has 1 aromatic heterocycles. The van der Waals surface area contributed by atoms with Gasteiger partial charge in [-0.15, -0.1) is 0 Å². The summed E-state index contributed by atoms with van der Waals surface area (Å²) in [5.41, 5.74) is 6.44. The number of carbonyl (C=O) groups excluding carboxylic acids is 1. The molecule has 1 aliphatic heterocycles. The second kappa shape index (κ2) is 9.75. The zero-order chi connectivity index (χ0) is 21.6. The van der Waals surface area contributed by atoms with Crippen molar-refractivity contribution in [3.05, 3.63) is 83.7 Å². The van der Waals surface area contributed by atoms with Crippen LogP contribution in [0, 0.1) is 6.92 Å². The van der Waals surface area contributed by atoms with Crippen LogP contribution in [0.3, 0.4) is 0 Å². The topological polar surface area (TPSA) is 54.5 Å². The Balaban J connectivity index is 1.39. The molecule has 160 valence electrons. The Morgan fingerprint density at radius 2 is 1.94 bits per heavy atom. The van der Waals surface area contributed by atoms with E-state index in [1.807, 2.05) is 42.6 Å². The summed E-state index contributed by atoms with van der Waals surface area (Å²) in [4.78, 5) is 19.2. The zero-order valence-corrected chi connectivity index (χ0v) is 18.2. The van der Waals surface area contributed by atoms with Crippen LogP contribution in [0.5, 0.6) is 0 Å². The first-order valence-corrected chi connectivity index (χ1v) is 10.8. The second-order valence-electron chi connectivity index (χ2n) is 8.09. The Morgan fingerprint density at radius 1 is 1.16 bits per heavy atom. The van der Waals surface area contributed by atoms with Crippen molar-refractivity contribution < 1.29 is 9.53 Å². The van der Waals surface area contributed by atoms with E-state index in [0.29, 0.717) is 12.6 Å². The molecule has 3 aromatic rings. The third-order valence-corrected chi connectivity index (χ3v) is 5.72. The Hall–Kier alpha value is -3.18. The molecule has 0 bridgehead atoms. The summed E-state index contributed by atoms with van der Waals surface area (Å²) < 4.78 is 5.54. The first-order valence-electron chi connectivity index (χ1n) is 10.8. The van der Waals surface area contributed by atoms with Crippen molar-refractivity contribution >= 4 is 11.6 Å². The zero-order valence-electron chi connectivity index (χ0n) is 18.2. The minimum absolute atomic E-state index is 0.0208. The molecular formula is C26H29N3O2. The number of nitrogens with one attached hydrogen (secondary N) is 1. The molecule has 1 saturated heterocycles. The Morgan fingerprint density at radius 3 is 2.65 bits per heavy atom. The number of carbonyl (C=O) groups is 1. The van der Waals surface area contributed by atoms with Gasteiger partial charge in [-0.3, -0.25) is 9.78 Å². The first kappa shape index (κ1) is 21.1. The van der Waals surface area contributed by atoms with Gasteiger partial charge in [-0.2, -0.15) is 0 Å². The lowest BCUT2D eigenvalue weighted by atomic mass is 10.0. The fourth-order valence-corrected chi connectivity index (χ4v) is 3.98. The minimum atomic E-state index is -0.0208. The average Bonchev–Trinajstić information content (AvgIpc) is 2.79. The highest BCUT2D eigenvalue weighted by Gasteiger charge is 2.19. The van der Waals surface area contributed by atoms with E-state index < -0.39 is 0 Å². The number of rotatable bonds is 6. The molecule has 0 saturated carbocycles. The van der Waals surface area contributed by atoms with Gasteiger partial charge in [0, 0.05) is 42.3 Å². The number of hydrogen-bond acceptors (Lipinski definition) is 4. The normalized spacial score (nSPS) is 16.2. The number of morpholine rings is 1. The third-order valence-electron chi connectivity index (χ3n) is 5.72. The Kier molecular flexibility index (Phi) is 6.63. The van der Waals surface area contributed by atoms with Gasteiger partial charge in [-0.05, 0) is 48.7 Å². The number of amides is 1. The maximum Gasteiger partial charge on any atom is 0.226 e. The number of aromatic nitrogens is 1. The number of hydrogen-bond donors (Lipinski definition) is 1. The first-order chi connectivity index (χ1) is 15.1. The maximum absolute atomic E-state index is 12.3. The summed E-state index contributed by atoms with van der Waals surface area (Å²) in [7, 11) is 0. The highest BCUT2D eigenvalue weighted by molar-refractivity contribution is 5.78. The quantitative estimate of drug-likeness (QED) is 0.657. The Bertz CT molecular complexity index is 1020. The molecule has 5 heteroatoms. The SMILES string of the molecule is Cc1cc(CC(=O)NCc2ccccc2)ncc1-c1ccc(N2CCOC[C@@H]2C)cc1. The molecular weight excluding hydrogens is 386 g/mol. The lowest BCUT2D eigenvalue weighted by Gasteiger charge is -2.35. The molecule has 1 aliphatic rings. The van der Waals surface area contributed by atoms with Crippen molar-refractivity contribution in [1.29, 1.82) is 0 Å². The van der Waals surface area contributed by atoms with Gasteiger partial charge in [-0.25, -0.2) is 0 Å². The number of nitrogens with zero attached hydrogens (tertiary/aromatic N) is 2. The van der Waals surface area contributed by atoms with Crippen LogP contribution in [-0.4, -0.2) is 36.7 Å². The number of aryl methyl sites for hydroxylation is 1. The fourth-order valence-electron chi connectivity index (χ4n) is 3.98. The van der Waals surface area contributed by atoms with E-state index >= 15 is 0 Å². The molecule has 1 atom stereocenters. The molecule has 2 heterocycles. The highest BCUT2D eigenvalue weighted by atomic mass is 16.5. The van der Waals surface area contributed by atoms with Crippen LogP contribution < -0.4 is 10.2 Å². The number of anilines is 1. The van der Waals surface area contributed by atoms with Crippen LogP contribution in [0.25, 0.3) is 11.1 Å². The van der Waals surface area contributed by atoms with Crippen LogP contribution in [0.1, 0.15) is 23.7 Å². The molecule has 5 nitrogen and oxygen atoms in total. The molecule has 1 amide bonds. The van der Waals surface area contributed by atoms with Gasteiger partial charge < -0.3 is 15.0 Å². The van der Waals surface area contributed by atoms with Gasteiger partial charge in [0.05, 0.1) is 19.6 Å². The van der Waals surface area contributed by atoms with Gasteiger partial charge in [0.15, 0.2) is 0 Å². The summed E-state index contributed by atoms with van der Waals surface area (Å²) in [6, 6.07) is 20.9. The van der Waals surface area contributed by atoms with Crippen LogP contribution in [0.4, 0.5) is 5.69 Å². The van der Waals surface area contributed by atoms with Gasteiger partial charge in [0.1, 0.15) is 0 Å². The number of benzene rings is 2. The number of pyridine rings is 1.